The number of hydrogen-bond acceptors (Lipinski definition) is 4. The van der Waals surface area contributed by atoms with Gasteiger partial charge in [-0.2, -0.15) is 0 Å². The highest BCUT2D eigenvalue weighted by molar-refractivity contribution is 6.30. The van der Waals surface area contributed by atoms with Crippen LogP contribution in [0.1, 0.15) is 16.8 Å². The molecule has 0 spiro atoms. The van der Waals surface area contributed by atoms with Crippen LogP contribution in [0, 0.1) is 0 Å². The van der Waals surface area contributed by atoms with Crippen LogP contribution in [0.4, 0.5) is 0 Å². The van der Waals surface area contributed by atoms with Gasteiger partial charge in [0.15, 0.2) is 0 Å². The molecule has 0 atom stereocenters. The molecule has 2 aromatic heterocycles. The standard InChI is InChI=1S/C25H19N3O2/c29-25-24(19-5-3-13-26-14-19)22(15-27-25)17-8-11-21(12-9-17)30-16-20-10-7-18-4-1-2-6-23(18)28-20/h1-14H,15-16H2,(H,27,29). The van der Waals surface area contributed by atoms with Gasteiger partial charge >= 0.3 is 0 Å². The molecule has 0 saturated carbocycles. The van der Waals surface area contributed by atoms with Crippen molar-refractivity contribution >= 4 is 28.0 Å². The number of rotatable bonds is 5. The zero-order chi connectivity index (χ0) is 20.3. The third kappa shape index (κ3) is 3.53. The van der Waals surface area contributed by atoms with Crippen molar-refractivity contribution in [2.24, 2.45) is 0 Å². The predicted octanol–water partition coefficient (Wildman–Crippen LogP) is 4.25. The average Bonchev–Trinajstić information content (AvgIpc) is 3.20. The molecule has 1 amide bonds. The van der Waals surface area contributed by atoms with E-state index in [9.17, 15) is 4.79 Å². The van der Waals surface area contributed by atoms with Crippen LogP contribution >= 0.6 is 0 Å². The number of ether oxygens (including phenoxy) is 1. The number of carbonyl (C=O) groups excluding carboxylic acids is 1. The maximum absolute atomic E-state index is 12.3. The lowest BCUT2D eigenvalue weighted by atomic mass is 9.98. The van der Waals surface area contributed by atoms with E-state index in [-0.39, 0.29) is 5.91 Å². The SMILES string of the molecule is O=C1NCC(c2ccc(OCc3ccc4ccccc4n3)cc2)=C1c1cccnc1. The first-order valence-electron chi connectivity index (χ1n) is 9.77. The molecule has 5 heteroatoms. The molecule has 4 aromatic rings. The summed E-state index contributed by atoms with van der Waals surface area (Å²) in [6, 6.07) is 23.6. The van der Waals surface area contributed by atoms with Crippen molar-refractivity contribution in [2.45, 2.75) is 6.61 Å². The number of para-hydroxylation sites is 1. The summed E-state index contributed by atoms with van der Waals surface area (Å²) in [4.78, 5) is 21.1. The van der Waals surface area contributed by atoms with Crippen LogP contribution in [0.5, 0.6) is 5.75 Å². The van der Waals surface area contributed by atoms with Crippen LogP contribution in [0.2, 0.25) is 0 Å². The second-order valence-corrected chi connectivity index (χ2v) is 7.09. The van der Waals surface area contributed by atoms with Gasteiger partial charge in [-0.05, 0) is 41.5 Å². The van der Waals surface area contributed by atoms with Crippen molar-refractivity contribution in [2.75, 3.05) is 6.54 Å². The lowest BCUT2D eigenvalue weighted by molar-refractivity contribution is -0.114. The minimum Gasteiger partial charge on any atom is -0.487 e. The normalized spacial score (nSPS) is 13.5. The van der Waals surface area contributed by atoms with Gasteiger partial charge in [-0.15, -0.1) is 0 Å². The molecule has 1 aliphatic heterocycles. The quantitative estimate of drug-likeness (QED) is 0.551. The first-order chi connectivity index (χ1) is 14.8. The van der Waals surface area contributed by atoms with E-state index in [4.69, 9.17) is 4.74 Å². The van der Waals surface area contributed by atoms with Crippen LogP contribution in [0.25, 0.3) is 22.0 Å². The molecule has 30 heavy (non-hydrogen) atoms. The summed E-state index contributed by atoms with van der Waals surface area (Å²) in [6.07, 6.45) is 3.42. The Morgan fingerprint density at radius 1 is 0.900 bits per heavy atom. The molecule has 0 bridgehead atoms. The van der Waals surface area contributed by atoms with Gasteiger partial charge in [-0.25, -0.2) is 4.98 Å². The summed E-state index contributed by atoms with van der Waals surface area (Å²) in [7, 11) is 0. The molecule has 3 heterocycles. The Bertz CT molecular complexity index is 1250. The van der Waals surface area contributed by atoms with Gasteiger partial charge in [0.2, 0.25) is 0 Å². The van der Waals surface area contributed by atoms with E-state index in [0.29, 0.717) is 18.7 Å². The lowest BCUT2D eigenvalue weighted by Crippen LogP contribution is -2.17. The fourth-order valence-electron chi connectivity index (χ4n) is 3.64. The topological polar surface area (TPSA) is 64.1 Å². The van der Waals surface area contributed by atoms with Gasteiger partial charge in [0.05, 0.1) is 16.8 Å². The molecule has 146 valence electrons. The molecule has 0 aliphatic carbocycles. The summed E-state index contributed by atoms with van der Waals surface area (Å²) in [6.45, 7) is 0.901. The van der Waals surface area contributed by atoms with Gasteiger partial charge in [0, 0.05) is 29.9 Å². The summed E-state index contributed by atoms with van der Waals surface area (Å²) in [5.74, 6) is 0.690. The number of benzene rings is 2. The van der Waals surface area contributed by atoms with E-state index in [1.54, 1.807) is 12.4 Å². The number of pyridine rings is 2. The van der Waals surface area contributed by atoms with E-state index < -0.39 is 0 Å². The highest BCUT2D eigenvalue weighted by Gasteiger charge is 2.25. The maximum Gasteiger partial charge on any atom is 0.252 e. The Kier molecular flexibility index (Phi) is 4.69. The molecular formula is C25H19N3O2. The number of nitrogens with one attached hydrogen (secondary N) is 1. The minimum atomic E-state index is -0.0688. The minimum absolute atomic E-state index is 0.0688. The van der Waals surface area contributed by atoms with Gasteiger partial charge in [-0.3, -0.25) is 9.78 Å². The Labute approximate surface area is 174 Å². The molecule has 0 fully saturated rings. The summed E-state index contributed by atoms with van der Waals surface area (Å²) in [5.41, 5.74) is 5.30. The summed E-state index contributed by atoms with van der Waals surface area (Å²) >= 11 is 0. The number of nitrogens with zero attached hydrogens (tertiary/aromatic N) is 2. The predicted molar refractivity (Wildman–Crippen MR) is 117 cm³/mol. The van der Waals surface area contributed by atoms with Crippen LogP contribution in [-0.2, 0) is 11.4 Å². The van der Waals surface area contributed by atoms with E-state index in [1.807, 2.05) is 66.7 Å². The highest BCUT2D eigenvalue weighted by Crippen LogP contribution is 2.30. The molecule has 5 rings (SSSR count). The van der Waals surface area contributed by atoms with Gasteiger partial charge < -0.3 is 10.1 Å². The van der Waals surface area contributed by atoms with Gasteiger partial charge in [0.1, 0.15) is 12.4 Å². The van der Waals surface area contributed by atoms with Crippen molar-refractivity contribution in [1.29, 1.82) is 0 Å². The number of aromatic nitrogens is 2. The van der Waals surface area contributed by atoms with Crippen molar-refractivity contribution in [3.63, 3.8) is 0 Å². The second-order valence-electron chi connectivity index (χ2n) is 7.09. The van der Waals surface area contributed by atoms with E-state index in [1.165, 1.54) is 0 Å². The molecule has 1 N–H and O–H groups in total. The first-order valence-corrected chi connectivity index (χ1v) is 9.77. The zero-order valence-electron chi connectivity index (χ0n) is 16.2. The molecule has 0 saturated heterocycles. The number of amides is 1. The number of hydrogen-bond donors (Lipinski definition) is 1. The fraction of sp³-hybridized carbons (Fsp3) is 0.0800. The molecule has 5 nitrogen and oxygen atoms in total. The lowest BCUT2D eigenvalue weighted by Gasteiger charge is -2.09. The van der Waals surface area contributed by atoms with Crippen LogP contribution in [0.3, 0.4) is 0 Å². The third-order valence-electron chi connectivity index (χ3n) is 5.15. The second kappa shape index (κ2) is 7.79. The summed E-state index contributed by atoms with van der Waals surface area (Å²) < 4.78 is 5.92. The highest BCUT2D eigenvalue weighted by atomic mass is 16.5. The fourth-order valence-corrected chi connectivity index (χ4v) is 3.64. The van der Waals surface area contributed by atoms with Gasteiger partial charge in [-0.1, -0.05) is 42.5 Å². The Hall–Kier alpha value is -3.99. The van der Waals surface area contributed by atoms with E-state index in [2.05, 4.69) is 21.4 Å². The molecule has 2 aromatic carbocycles. The van der Waals surface area contributed by atoms with E-state index >= 15 is 0 Å². The molecule has 1 aliphatic rings. The molecular weight excluding hydrogens is 374 g/mol. The van der Waals surface area contributed by atoms with Crippen molar-refractivity contribution in [1.82, 2.24) is 15.3 Å². The van der Waals surface area contributed by atoms with Crippen molar-refractivity contribution in [3.05, 3.63) is 102 Å². The average molecular weight is 393 g/mol. The maximum atomic E-state index is 12.3. The Balaban J connectivity index is 1.35. The summed E-state index contributed by atoms with van der Waals surface area (Å²) in [5, 5.41) is 4.03. The van der Waals surface area contributed by atoms with Crippen molar-refractivity contribution in [3.8, 4) is 5.75 Å². The number of fused-ring (bicyclic) bond motifs is 1. The number of carbonyl (C=O) groups is 1. The largest absolute Gasteiger partial charge is 0.487 e. The third-order valence-corrected chi connectivity index (χ3v) is 5.15. The van der Waals surface area contributed by atoms with Crippen LogP contribution in [-0.4, -0.2) is 22.4 Å². The van der Waals surface area contributed by atoms with Crippen LogP contribution < -0.4 is 10.1 Å². The smallest absolute Gasteiger partial charge is 0.252 e. The Morgan fingerprint density at radius 2 is 1.77 bits per heavy atom. The van der Waals surface area contributed by atoms with Gasteiger partial charge in [0.25, 0.3) is 5.91 Å². The molecule has 0 unspecified atom stereocenters. The zero-order valence-corrected chi connectivity index (χ0v) is 16.2. The van der Waals surface area contributed by atoms with Crippen molar-refractivity contribution < 1.29 is 9.53 Å². The van der Waals surface area contributed by atoms with E-state index in [0.717, 1.165) is 39.0 Å². The molecule has 0 radical (unpaired) electrons. The first kappa shape index (κ1) is 18.1. The Morgan fingerprint density at radius 3 is 2.60 bits per heavy atom. The monoisotopic (exact) mass is 393 g/mol. The van der Waals surface area contributed by atoms with Crippen LogP contribution in [0.15, 0.2) is 85.2 Å².